The molecule has 1 atom stereocenters. The van der Waals surface area contributed by atoms with E-state index in [1.807, 2.05) is 6.07 Å². The summed E-state index contributed by atoms with van der Waals surface area (Å²) in [6, 6.07) is 1.85. The third-order valence-electron chi connectivity index (χ3n) is 5.32. The van der Waals surface area contributed by atoms with Gasteiger partial charge in [-0.3, -0.25) is 0 Å². The standard InChI is InChI=1S/C18H24ClNO4/c19-16-11-15(23-8-3-13-1-6-21-7-2-13)14-4-9-24-18(17(14)20-16)5-10-22-12-18/h11,13H,1-10,12H2/t18-/m0/s1. The fraction of sp³-hybridized carbons (Fsp3) is 0.722. The summed E-state index contributed by atoms with van der Waals surface area (Å²) in [5.41, 5.74) is 1.63. The van der Waals surface area contributed by atoms with Crippen molar-refractivity contribution in [2.24, 2.45) is 5.92 Å². The maximum atomic E-state index is 6.27. The van der Waals surface area contributed by atoms with Crippen LogP contribution in [0.1, 0.15) is 36.9 Å². The molecule has 1 spiro atoms. The minimum atomic E-state index is -0.433. The molecule has 4 rings (SSSR count). The second-order valence-electron chi connectivity index (χ2n) is 6.86. The van der Waals surface area contributed by atoms with Gasteiger partial charge in [0.25, 0.3) is 0 Å². The van der Waals surface area contributed by atoms with Gasteiger partial charge in [-0.25, -0.2) is 4.98 Å². The first-order valence-electron chi connectivity index (χ1n) is 8.89. The summed E-state index contributed by atoms with van der Waals surface area (Å²) in [6.07, 6.45) is 4.96. The number of aromatic nitrogens is 1. The maximum Gasteiger partial charge on any atom is 0.136 e. The van der Waals surface area contributed by atoms with Gasteiger partial charge >= 0.3 is 0 Å². The molecule has 0 aliphatic carbocycles. The summed E-state index contributed by atoms with van der Waals surface area (Å²) < 4.78 is 23.2. The lowest BCUT2D eigenvalue weighted by Gasteiger charge is -2.34. The predicted molar refractivity (Wildman–Crippen MR) is 89.7 cm³/mol. The van der Waals surface area contributed by atoms with Crippen LogP contribution in [0.4, 0.5) is 0 Å². The largest absolute Gasteiger partial charge is 0.493 e. The fourth-order valence-electron chi connectivity index (χ4n) is 3.90. The Morgan fingerprint density at radius 3 is 2.88 bits per heavy atom. The highest BCUT2D eigenvalue weighted by molar-refractivity contribution is 6.29. The van der Waals surface area contributed by atoms with Gasteiger partial charge in [-0.05, 0) is 25.2 Å². The van der Waals surface area contributed by atoms with E-state index in [1.165, 1.54) is 0 Å². The van der Waals surface area contributed by atoms with Crippen molar-refractivity contribution in [2.45, 2.75) is 37.7 Å². The lowest BCUT2D eigenvalue weighted by Crippen LogP contribution is -2.37. The van der Waals surface area contributed by atoms with Crippen molar-refractivity contribution in [3.63, 3.8) is 0 Å². The second-order valence-corrected chi connectivity index (χ2v) is 7.25. The summed E-state index contributed by atoms with van der Waals surface area (Å²) in [6.45, 7) is 4.39. The molecule has 0 aromatic carbocycles. The molecule has 2 saturated heterocycles. The Balaban J connectivity index is 1.50. The van der Waals surface area contributed by atoms with E-state index >= 15 is 0 Å². The number of rotatable bonds is 4. The highest BCUT2D eigenvalue weighted by Crippen LogP contribution is 2.42. The maximum absolute atomic E-state index is 6.27. The zero-order valence-corrected chi connectivity index (χ0v) is 14.6. The highest BCUT2D eigenvalue weighted by Gasteiger charge is 2.44. The van der Waals surface area contributed by atoms with Crippen molar-refractivity contribution in [1.29, 1.82) is 0 Å². The third kappa shape index (κ3) is 3.27. The molecule has 0 amide bonds. The summed E-state index contributed by atoms with van der Waals surface area (Å²) in [7, 11) is 0. The number of halogens is 1. The number of pyridine rings is 1. The van der Waals surface area contributed by atoms with E-state index in [9.17, 15) is 0 Å². The van der Waals surface area contributed by atoms with Gasteiger partial charge < -0.3 is 18.9 Å². The quantitative estimate of drug-likeness (QED) is 0.778. The van der Waals surface area contributed by atoms with E-state index in [1.54, 1.807) is 0 Å². The summed E-state index contributed by atoms with van der Waals surface area (Å²) in [4.78, 5) is 4.57. The second kappa shape index (κ2) is 7.16. The monoisotopic (exact) mass is 353 g/mol. The molecule has 3 aliphatic heterocycles. The van der Waals surface area contributed by atoms with Crippen LogP contribution < -0.4 is 4.74 Å². The molecule has 0 radical (unpaired) electrons. The number of nitrogens with zero attached hydrogens (tertiary/aromatic N) is 1. The molecular formula is C18H24ClNO4. The molecule has 0 saturated carbocycles. The first kappa shape index (κ1) is 16.6. The molecule has 24 heavy (non-hydrogen) atoms. The van der Waals surface area contributed by atoms with Crippen molar-refractivity contribution < 1.29 is 18.9 Å². The van der Waals surface area contributed by atoms with Gasteiger partial charge in [-0.15, -0.1) is 0 Å². The minimum Gasteiger partial charge on any atom is -0.493 e. The Labute approximate surface area is 147 Å². The Morgan fingerprint density at radius 1 is 1.21 bits per heavy atom. The van der Waals surface area contributed by atoms with Crippen LogP contribution in [-0.2, 0) is 26.2 Å². The van der Waals surface area contributed by atoms with Crippen LogP contribution in [0.15, 0.2) is 6.07 Å². The van der Waals surface area contributed by atoms with E-state index in [0.717, 1.165) is 62.3 Å². The Morgan fingerprint density at radius 2 is 2.08 bits per heavy atom. The molecule has 1 aromatic heterocycles. The molecule has 1 aromatic rings. The van der Waals surface area contributed by atoms with Crippen LogP contribution >= 0.6 is 11.6 Å². The molecule has 5 nitrogen and oxygen atoms in total. The number of fused-ring (bicyclic) bond motifs is 2. The van der Waals surface area contributed by atoms with Crippen molar-refractivity contribution in [3.8, 4) is 5.75 Å². The fourth-order valence-corrected chi connectivity index (χ4v) is 4.08. The molecule has 2 fully saturated rings. The van der Waals surface area contributed by atoms with E-state index in [-0.39, 0.29) is 0 Å². The van der Waals surface area contributed by atoms with Crippen LogP contribution in [-0.4, -0.2) is 44.6 Å². The van der Waals surface area contributed by atoms with Crippen LogP contribution in [0.2, 0.25) is 5.15 Å². The first-order chi connectivity index (χ1) is 11.8. The van der Waals surface area contributed by atoms with Gasteiger partial charge in [0.1, 0.15) is 16.5 Å². The summed E-state index contributed by atoms with van der Waals surface area (Å²) in [5, 5.41) is 0.464. The summed E-state index contributed by atoms with van der Waals surface area (Å²) >= 11 is 6.27. The van der Waals surface area contributed by atoms with Gasteiger partial charge in [-0.1, -0.05) is 11.6 Å². The number of hydrogen-bond acceptors (Lipinski definition) is 5. The predicted octanol–water partition coefficient (Wildman–Crippen LogP) is 3.12. The highest BCUT2D eigenvalue weighted by atomic mass is 35.5. The zero-order valence-electron chi connectivity index (χ0n) is 13.9. The van der Waals surface area contributed by atoms with Crippen LogP contribution in [0, 0.1) is 5.92 Å². The van der Waals surface area contributed by atoms with Gasteiger partial charge in [0.2, 0.25) is 0 Å². The normalized spacial score (nSPS) is 27.4. The molecule has 3 aliphatic rings. The topological polar surface area (TPSA) is 49.8 Å². The van der Waals surface area contributed by atoms with Crippen molar-refractivity contribution in [2.75, 3.05) is 39.6 Å². The van der Waals surface area contributed by atoms with E-state index in [4.69, 9.17) is 30.5 Å². The molecule has 132 valence electrons. The smallest absolute Gasteiger partial charge is 0.136 e. The Bertz CT molecular complexity index is 583. The van der Waals surface area contributed by atoms with E-state index in [0.29, 0.717) is 37.5 Å². The van der Waals surface area contributed by atoms with Crippen molar-refractivity contribution in [3.05, 3.63) is 22.5 Å². The minimum absolute atomic E-state index is 0.433. The lowest BCUT2D eigenvalue weighted by molar-refractivity contribution is -0.0670. The van der Waals surface area contributed by atoms with Gasteiger partial charge in [0.05, 0.1) is 25.5 Å². The average molecular weight is 354 g/mol. The zero-order chi connectivity index (χ0) is 16.4. The molecule has 0 N–H and O–H groups in total. The van der Waals surface area contributed by atoms with Crippen LogP contribution in [0.25, 0.3) is 0 Å². The molecule has 4 heterocycles. The molecule has 0 unspecified atom stereocenters. The summed E-state index contributed by atoms with van der Waals surface area (Å²) in [5.74, 6) is 1.57. The number of hydrogen-bond donors (Lipinski definition) is 0. The van der Waals surface area contributed by atoms with E-state index < -0.39 is 5.60 Å². The molecule has 0 bridgehead atoms. The Hall–Kier alpha value is -0.880. The van der Waals surface area contributed by atoms with E-state index in [2.05, 4.69) is 4.98 Å². The number of ether oxygens (including phenoxy) is 4. The first-order valence-corrected chi connectivity index (χ1v) is 9.27. The van der Waals surface area contributed by atoms with Gasteiger partial charge in [0, 0.05) is 44.3 Å². The SMILES string of the molecule is Clc1cc(OCCC2CCOCC2)c2c(n1)[C@@]1(CCOC1)OCC2. The van der Waals surface area contributed by atoms with Crippen molar-refractivity contribution in [1.82, 2.24) is 4.98 Å². The average Bonchev–Trinajstić information content (AvgIpc) is 3.06. The molecule has 6 heteroatoms. The van der Waals surface area contributed by atoms with Gasteiger partial charge in [0.15, 0.2) is 0 Å². The van der Waals surface area contributed by atoms with Gasteiger partial charge in [-0.2, -0.15) is 0 Å². The van der Waals surface area contributed by atoms with Crippen LogP contribution in [0.3, 0.4) is 0 Å². The lowest BCUT2D eigenvalue weighted by atomic mass is 9.90. The molecular weight excluding hydrogens is 330 g/mol. The third-order valence-corrected chi connectivity index (χ3v) is 5.52. The van der Waals surface area contributed by atoms with Crippen molar-refractivity contribution >= 4 is 11.6 Å². The Kier molecular flexibility index (Phi) is 4.95. The van der Waals surface area contributed by atoms with Crippen LogP contribution in [0.5, 0.6) is 5.75 Å².